The number of halogens is 1. The molecule has 6 heteroatoms. The topological polar surface area (TPSA) is 59.5 Å². The first-order valence-corrected chi connectivity index (χ1v) is 6.55. The van der Waals surface area contributed by atoms with Gasteiger partial charge in [-0.25, -0.2) is 4.52 Å². The number of pyridine rings is 1. The van der Waals surface area contributed by atoms with E-state index in [9.17, 15) is 0 Å². The molecule has 0 aliphatic carbocycles. The van der Waals surface area contributed by atoms with Crippen molar-refractivity contribution in [3.8, 4) is 0 Å². The molecule has 0 amide bonds. The largest absolute Gasteiger partial charge is 0.337 e. The monoisotopic (exact) mass is 265 g/mol. The van der Waals surface area contributed by atoms with Crippen molar-refractivity contribution in [2.45, 2.75) is 31.8 Å². The van der Waals surface area contributed by atoms with Crippen LogP contribution in [-0.4, -0.2) is 33.2 Å². The number of hydrogen-bond acceptors (Lipinski definition) is 4. The predicted octanol–water partition coefficient (Wildman–Crippen LogP) is 1.70. The van der Waals surface area contributed by atoms with Crippen molar-refractivity contribution in [3.63, 3.8) is 0 Å². The van der Waals surface area contributed by atoms with Crippen LogP contribution >= 0.6 is 11.6 Å². The van der Waals surface area contributed by atoms with E-state index in [0.29, 0.717) is 17.1 Å². The summed E-state index contributed by atoms with van der Waals surface area (Å²) in [5, 5.41) is 5.14. The van der Waals surface area contributed by atoms with Gasteiger partial charge in [-0.05, 0) is 31.9 Å². The highest BCUT2D eigenvalue weighted by molar-refractivity contribution is 6.30. The molecule has 0 radical (unpaired) electrons. The smallest absolute Gasteiger partial charge is 0.245 e. The summed E-state index contributed by atoms with van der Waals surface area (Å²) in [4.78, 5) is 6.74. The normalized spacial score (nSPS) is 24.7. The van der Waals surface area contributed by atoms with Gasteiger partial charge in [-0.3, -0.25) is 0 Å². The minimum atomic E-state index is 0.294. The van der Waals surface area contributed by atoms with Gasteiger partial charge < -0.3 is 10.6 Å². The highest BCUT2D eigenvalue weighted by atomic mass is 35.5. The number of fused-ring (bicyclic) bond motifs is 1. The summed E-state index contributed by atoms with van der Waals surface area (Å²) in [5.74, 6) is 0.761. The SMILES string of the molecule is CC1CC(N)CCN1c1nc2ccc(Cl)cn2n1. The molecular formula is C12H16ClN5. The molecule has 5 nitrogen and oxygen atoms in total. The zero-order chi connectivity index (χ0) is 12.7. The zero-order valence-electron chi connectivity index (χ0n) is 10.3. The number of aromatic nitrogens is 3. The van der Waals surface area contributed by atoms with Gasteiger partial charge in [-0.15, -0.1) is 5.10 Å². The average Bonchev–Trinajstić information content (AvgIpc) is 2.71. The summed E-state index contributed by atoms with van der Waals surface area (Å²) in [6.45, 7) is 3.07. The predicted molar refractivity (Wildman–Crippen MR) is 72.0 cm³/mol. The number of nitrogens with zero attached hydrogens (tertiary/aromatic N) is 4. The summed E-state index contributed by atoms with van der Waals surface area (Å²) in [5.41, 5.74) is 6.79. The minimum absolute atomic E-state index is 0.294. The van der Waals surface area contributed by atoms with Crippen molar-refractivity contribution >= 4 is 23.2 Å². The van der Waals surface area contributed by atoms with Crippen molar-refractivity contribution < 1.29 is 0 Å². The van der Waals surface area contributed by atoms with Gasteiger partial charge in [-0.1, -0.05) is 11.6 Å². The first kappa shape index (κ1) is 11.7. The molecule has 96 valence electrons. The summed E-state index contributed by atoms with van der Waals surface area (Å²) in [7, 11) is 0. The molecule has 0 spiro atoms. The van der Waals surface area contributed by atoms with E-state index in [-0.39, 0.29) is 0 Å². The lowest BCUT2D eigenvalue weighted by Crippen LogP contribution is -2.46. The quantitative estimate of drug-likeness (QED) is 0.853. The van der Waals surface area contributed by atoms with Gasteiger partial charge in [0.15, 0.2) is 5.65 Å². The van der Waals surface area contributed by atoms with E-state index in [1.165, 1.54) is 0 Å². The molecule has 2 unspecified atom stereocenters. The third-order valence-corrected chi connectivity index (χ3v) is 3.68. The first-order chi connectivity index (χ1) is 8.63. The third kappa shape index (κ3) is 2.04. The maximum atomic E-state index is 5.97. The molecule has 3 heterocycles. The van der Waals surface area contributed by atoms with Crippen LogP contribution in [0.5, 0.6) is 0 Å². The molecule has 18 heavy (non-hydrogen) atoms. The molecule has 0 bridgehead atoms. The average molecular weight is 266 g/mol. The standard InChI is InChI=1S/C12H16ClN5/c1-8-6-10(14)4-5-17(8)12-15-11-3-2-9(13)7-18(11)16-12/h2-3,7-8,10H,4-6,14H2,1H3. The molecular weight excluding hydrogens is 250 g/mol. The van der Waals surface area contributed by atoms with Gasteiger partial charge in [-0.2, -0.15) is 4.98 Å². The Morgan fingerprint density at radius 3 is 3.06 bits per heavy atom. The van der Waals surface area contributed by atoms with Gasteiger partial charge in [0.1, 0.15) is 0 Å². The number of nitrogens with two attached hydrogens (primary N) is 1. The van der Waals surface area contributed by atoms with E-state index < -0.39 is 0 Å². The van der Waals surface area contributed by atoms with E-state index >= 15 is 0 Å². The summed E-state index contributed by atoms with van der Waals surface area (Å²) in [6.07, 6.45) is 3.74. The molecule has 2 aromatic rings. The minimum Gasteiger partial charge on any atom is -0.337 e. The van der Waals surface area contributed by atoms with Gasteiger partial charge in [0, 0.05) is 24.8 Å². The Balaban J connectivity index is 1.94. The molecule has 3 rings (SSSR count). The van der Waals surface area contributed by atoms with Gasteiger partial charge in [0.05, 0.1) is 5.02 Å². The highest BCUT2D eigenvalue weighted by Crippen LogP contribution is 2.22. The Bertz CT molecular complexity index is 567. The van der Waals surface area contributed by atoms with Crippen LogP contribution in [0.3, 0.4) is 0 Å². The molecule has 1 saturated heterocycles. The van der Waals surface area contributed by atoms with Crippen molar-refractivity contribution in [2.24, 2.45) is 5.73 Å². The second kappa shape index (κ2) is 4.40. The van der Waals surface area contributed by atoms with Crippen LogP contribution in [-0.2, 0) is 0 Å². The number of anilines is 1. The van der Waals surface area contributed by atoms with Crippen molar-refractivity contribution in [2.75, 3.05) is 11.4 Å². The molecule has 1 aliphatic rings. The Morgan fingerprint density at radius 2 is 2.28 bits per heavy atom. The van der Waals surface area contributed by atoms with Crippen LogP contribution in [0.4, 0.5) is 5.95 Å². The highest BCUT2D eigenvalue weighted by Gasteiger charge is 2.25. The fourth-order valence-corrected chi connectivity index (χ4v) is 2.63. The van der Waals surface area contributed by atoms with E-state index in [1.54, 1.807) is 10.7 Å². The lowest BCUT2D eigenvalue weighted by molar-refractivity contribution is 0.424. The Labute approximate surface area is 111 Å². The van der Waals surface area contributed by atoms with Crippen molar-refractivity contribution in [3.05, 3.63) is 23.4 Å². The summed E-state index contributed by atoms with van der Waals surface area (Å²) >= 11 is 5.94. The van der Waals surface area contributed by atoms with Crippen molar-refractivity contribution in [1.29, 1.82) is 0 Å². The van der Waals surface area contributed by atoms with E-state index in [2.05, 4.69) is 21.9 Å². The lowest BCUT2D eigenvalue weighted by atomic mass is 10.00. The fourth-order valence-electron chi connectivity index (χ4n) is 2.47. The molecule has 0 saturated carbocycles. The Morgan fingerprint density at radius 1 is 1.44 bits per heavy atom. The van der Waals surface area contributed by atoms with Gasteiger partial charge >= 0.3 is 0 Å². The molecule has 2 aromatic heterocycles. The molecule has 1 fully saturated rings. The number of rotatable bonds is 1. The molecule has 2 atom stereocenters. The number of piperidine rings is 1. The number of hydrogen-bond donors (Lipinski definition) is 1. The van der Waals surface area contributed by atoms with Crippen LogP contribution in [0.15, 0.2) is 18.3 Å². The maximum absolute atomic E-state index is 5.97. The van der Waals surface area contributed by atoms with Crippen LogP contribution < -0.4 is 10.6 Å². The van der Waals surface area contributed by atoms with Crippen LogP contribution in [0.1, 0.15) is 19.8 Å². The van der Waals surface area contributed by atoms with Crippen LogP contribution in [0.2, 0.25) is 5.02 Å². The Kier molecular flexibility index (Phi) is 2.87. The molecule has 0 aromatic carbocycles. The third-order valence-electron chi connectivity index (χ3n) is 3.46. The van der Waals surface area contributed by atoms with E-state index in [0.717, 1.165) is 31.0 Å². The fraction of sp³-hybridized carbons (Fsp3) is 0.500. The van der Waals surface area contributed by atoms with Gasteiger partial charge in [0.25, 0.3) is 0 Å². The lowest BCUT2D eigenvalue weighted by Gasteiger charge is -2.35. The molecule has 1 aliphatic heterocycles. The maximum Gasteiger partial charge on any atom is 0.245 e. The second-order valence-corrected chi connectivity index (χ2v) is 5.33. The van der Waals surface area contributed by atoms with Crippen LogP contribution in [0.25, 0.3) is 5.65 Å². The van der Waals surface area contributed by atoms with Gasteiger partial charge in [0.2, 0.25) is 5.95 Å². The van der Waals surface area contributed by atoms with E-state index in [4.69, 9.17) is 17.3 Å². The van der Waals surface area contributed by atoms with Crippen LogP contribution in [0, 0.1) is 0 Å². The first-order valence-electron chi connectivity index (χ1n) is 6.17. The second-order valence-electron chi connectivity index (χ2n) is 4.89. The summed E-state index contributed by atoms with van der Waals surface area (Å²) < 4.78 is 1.72. The van der Waals surface area contributed by atoms with E-state index in [1.807, 2.05) is 12.1 Å². The zero-order valence-corrected chi connectivity index (χ0v) is 11.0. The van der Waals surface area contributed by atoms with Crippen molar-refractivity contribution in [1.82, 2.24) is 14.6 Å². The molecule has 2 N–H and O–H groups in total. The summed E-state index contributed by atoms with van der Waals surface area (Å²) in [6, 6.07) is 4.37. The Hall–Kier alpha value is -1.33.